The average Bonchev–Trinajstić information content (AvgIpc) is 1.59. The molecule has 3 rings (SSSR count). The number of hydrogen-bond donors (Lipinski definition) is 22. The minimum Gasteiger partial charge on any atom is -0.480 e. The molecule has 1 aromatic heterocycles. The number of hydrogen-bond acceptors (Lipinski definition) is 23. The van der Waals surface area contributed by atoms with Crippen LogP contribution in [0.25, 0.3) is 0 Å². The van der Waals surface area contributed by atoms with E-state index < -0.39 is 187 Å². The number of aliphatic hydroxyl groups excluding tert-OH is 3. The first-order chi connectivity index (χ1) is 53.6. The van der Waals surface area contributed by atoms with Gasteiger partial charge in [-0.1, -0.05) is 88.4 Å². The molecular weight excluding hydrogens is 1510 g/mol. The number of carboxylic acids is 1. The summed E-state index contributed by atoms with van der Waals surface area (Å²) in [5, 5.41) is 73.7. The summed E-state index contributed by atoms with van der Waals surface area (Å²) in [6.45, 7) is 7.02. The lowest BCUT2D eigenvalue weighted by molar-refractivity contribution is -0.145. The van der Waals surface area contributed by atoms with E-state index in [1.807, 2.05) is 6.26 Å². The summed E-state index contributed by atoms with van der Waals surface area (Å²) in [4.78, 5) is 205. The van der Waals surface area contributed by atoms with E-state index in [1.165, 1.54) is 49.9 Å². The van der Waals surface area contributed by atoms with Gasteiger partial charge in [-0.2, -0.15) is 23.5 Å². The van der Waals surface area contributed by atoms with E-state index >= 15 is 0 Å². The number of thioether (sulfide) groups is 2. The topological polar surface area (TPSA) is 621 Å². The zero-order chi connectivity index (χ0) is 84.3. The number of carboxylic acid groups (broad SMARTS) is 1. The van der Waals surface area contributed by atoms with Gasteiger partial charge < -0.3 is 117 Å². The number of benzene rings is 2. The molecule has 40 heteroatoms. The second-order valence-electron chi connectivity index (χ2n) is 27.9. The van der Waals surface area contributed by atoms with Crippen molar-refractivity contribution in [3.8, 4) is 0 Å². The molecule has 13 amide bonds. The maximum Gasteiger partial charge on any atom is 0.328 e. The Morgan fingerprint density at radius 2 is 0.876 bits per heavy atom. The van der Waals surface area contributed by atoms with Gasteiger partial charge in [0.05, 0.1) is 38.2 Å². The molecule has 628 valence electrons. The Balaban J connectivity index is 1.94. The highest BCUT2D eigenvalue weighted by Gasteiger charge is 2.38. The van der Waals surface area contributed by atoms with E-state index in [2.05, 4.69) is 84.1 Å². The molecule has 0 aliphatic carbocycles. The smallest absolute Gasteiger partial charge is 0.328 e. The van der Waals surface area contributed by atoms with Crippen LogP contribution in [0.2, 0.25) is 0 Å². The number of imidazole rings is 1. The average molecular weight is 1630 g/mol. The maximum absolute atomic E-state index is 14.8. The Bertz CT molecular complexity index is 3570. The summed E-state index contributed by atoms with van der Waals surface area (Å²) in [6.07, 6.45) is 4.70. The first-order valence-electron chi connectivity index (χ1n) is 37.2. The molecule has 0 spiro atoms. The van der Waals surface area contributed by atoms with Crippen LogP contribution in [0.15, 0.2) is 78.2 Å². The molecule has 2 aromatic carbocycles. The van der Waals surface area contributed by atoms with Crippen molar-refractivity contribution in [1.29, 1.82) is 0 Å². The number of guanidine groups is 1. The standard InChI is InChI=1S/C73H116N20O18S2/c1-40(2)30-51(65(103)90-54(33-45-20-13-10-14-21-45)67(105)89-52(31-41(3)4)69(107)93-59(43(6)96)72(110)111)88-63(101)49(23-17-27-79-73(76)77)85-71(109)57(38-95)92-64(102)48(22-15-16-26-74)84-68(106)55(34-46-35-78-39-81-46)91-66(104)53(32-44-18-11-9-12-19-44)87-60(98)42(5)82-62(100)50(25-29-113-8)86-70(108)56(37-94)83-58(97)36-80-61(99)47(75)24-28-112-7/h9-14,18-21,35,39-43,47-57,59,94-96H,15-17,22-34,36-38,74-75H2,1-8H3,(H,78,81)(H,80,99)(H,82,100)(H,83,97)(H,84,106)(H,85,109)(H,86,108)(H,87,98)(H,88,101)(H,89,105)(H,90,103)(H,91,104)(H,92,102)(H,93,107)(H,110,111)(H4,76,77,79)/t42-,43+,47-,48-,49-,50-,51-,52-,53-,54-,55-,56-,57-,59-/m0/s1. The lowest BCUT2D eigenvalue weighted by atomic mass is 9.99. The summed E-state index contributed by atoms with van der Waals surface area (Å²) in [6, 6.07) is -2.13. The third-order valence-corrected chi connectivity index (χ3v) is 18.7. The molecule has 0 bridgehead atoms. The van der Waals surface area contributed by atoms with Gasteiger partial charge >= 0.3 is 5.97 Å². The number of aromatic nitrogens is 2. The molecule has 0 aliphatic rings. The number of nitrogens with one attached hydrogen (secondary N) is 14. The second-order valence-corrected chi connectivity index (χ2v) is 29.8. The molecule has 38 nitrogen and oxygen atoms in total. The fraction of sp³-hybridized carbons (Fsp3) is 0.589. The molecule has 0 saturated heterocycles. The van der Waals surface area contributed by atoms with Gasteiger partial charge in [0.15, 0.2) is 12.0 Å². The number of rotatable bonds is 54. The number of aromatic amines is 1. The summed E-state index contributed by atoms with van der Waals surface area (Å²) in [7, 11) is 0. The number of carbonyl (C=O) groups is 14. The molecule has 14 atom stereocenters. The van der Waals surface area contributed by atoms with Crippen molar-refractivity contribution in [3.63, 3.8) is 0 Å². The second kappa shape index (κ2) is 52.3. The number of H-pyrrole nitrogens is 1. The lowest BCUT2D eigenvalue weighted by Gasteiger charge is -2.29. The number of amides is 13. The van der Waals surface area contributed by atoms with Crippen molar-refractivity contribution in [1.82, 2.24) is 79.1 Å². The third kappa shape index (κ3) is 37.0. The zero-order valence-corrected chi connectivity index (χ0v) is 66.8. The van der Waals surface area contributed by atoms with Crippen molar-refractivity contribution in [3.05, 3.63) is 90.0 Å². The van der Waals surface area contributed by atoms with E-state index in [-0.39, 0.29) is 95.1 Å². The van der Waals surface area contributed by atoms with Gasteiger partial charge in [-0.25, -0.2) is 9.78 Å². The number of nitrogens with two attached hydrogens (primary N) is 4. The van der Waals surface area contributed by atoms with Crippen molar-refractivity contribution in [2.45, 2.75) is 203 Å². The van der Waals surface area contributed by atoms with E-state index in [4.69, 9.17) is 22.9 Å². The van der Waals surface area contributed by atoms with Gasteiger partial charge in [-0.05, 0) is 125 Å². The number of aliphatic imine (C=N–C) groups is 1. The number of carbonyl (C=O) groups excluding carboxylic acids is 13. The predicted octanol–water partition coefficient (Wildman–Crippen LogP) is -5.05. The van der Waals surface area contributed by atoms with E-state index in [1.54, 1.807) is 94.6 Å². The SMILES string of the molecule is CSCC[C@H](NC(=O)[C@H](CO)NC(=O)CNC(=O)[C@@H](N)CCSC)C(=O)N[C@@H](C)C(=O)N[C@@H](Cc1ccccc1)C(=O)N[C@@H](Cc1cnc[nH]1)C(=O)N[C@@H](CCCCN)C(=O)N[C@@H](CO)C(=O)N[C@@H](CCCN=C(N)N)C(=O)N[C@@H](CC(C)C)C(=O)N[C@@H](Cc1ccccc1)C(=O)N[C@@H](CC(C)C)C(=O)N[C@H](C(=O)O)[C@@H](C)O. The van der Waals surface area contributed by atoms with Crippen molar-refractivity contribution < 1.29 is 87.5 Å². The van der Waals surface area contributed by atoms with Crippen molar-refractivity contribution in [2.24, 2.45) is 39.8 Å². The summed E-state index contributed by atoms with van der Waals surface area (Å²) in [5.74, 6) is -13.2. The molecular formula is C73H116N20O18S2. The minimum absolute atomic E-state index is 0.00959. The van der Waals surface area contributed by atoms with Gasteiger partial charge in [0, 0.05) is 37.7 Å². The van der Waals surface area contributed by atoms with Crippen LogP contribution in [-0.4, -0.2) is 261 Å². The maximum atomic E-state index is 14.8. The largest absolute Gasteiger partial charge is 0.480 e. The summed E-state index contributed by atoms with van der Waals surface area (Å²) in [5.41, 5.74) is 24.3. The summed E-state index contributed by atoms with van der Waals surface area (Å²) >= 11 is 2.81. The molecule has 0 aliphatic heterocycles. The van der Waals surface area contributed by atoms with Gasteiger partial charge in [-0.3, -0.25) is 67.3 Å². The van der Waals surface area contributed by atoms with Gasteiger partial charge in [-0.15, -0.1) is 0 Å². The quantitative estimate of drug-likeness (QED) is 0.0143. The van der Waals surface area contributed by atoms with Gasteiger partial charge in [0.25, 0.3) is 0 Å². The first kappa shape index (κ1) is 97.2. The van der Waals surface area contributed by atoms with Crippen LogP contribution in [0.3, 0.4) is 0 Å². The molecule has 0 unspecified atom stereocenters. The number of nitrogens with zero attached hydrogens (tertiary/aromatic N) is 2. The Kier molecular flexibility index (Phi) is 45.0. The highest BCUT2D eigenvalue weighted by atomic mass is 32.2. The number of aliphatic carboxylic acids is 1. The van der Waals surface area contributed by atoms with Crippen molar-refractivity contribution >= 4 is 112 Å². The molecule has 3 aromatic rings. The minimum atomic E-state index is -1.83. The normalized spacial score (nSPS) is 14.9. The third-order valence-electron chi connectivity index (χ3n) is 17.4. The van der Waals surface area contributed by atoms with Crippen LogP contribution in [-0.2, 0) is 86.4 Å². The van der Waals surface area contributed by atoms with Crippen LogP contribution in [0.4, 0.5) is 0 Å². The Morgan fingerprint density at radius 1 is 0.478 bits per heavy atom. The highest BCUT2D eigenvalue weighted by molar-refractivity contribution is 7.98. The van der Waals surface area contributed by atoms with Crippen LogP contribution in [0.1, 0.15) is 116 Å². The molecule has 0 saturated carbocycles. The predicted molar refractivity (Wildman–Crippen MR) is 424 cm³/mol. The van der Waals surface area contributed by atoms with E-state index in [0.717, 1.165) is 0 Å². The first-order valence-corrected chi connectivity index (χ1v) is 40.0. The molecule has 1 heterocycles. The lowest BCUT2D eigenvalue weighted by Crippen LogP contribution is -2.61. The Labute approximate surface area is 665 Å². The van der Waals surface area contributed by atoms with Gasteiger partial charge in [0.1, 0.15) is 66.5 Å². The molecule has 113 heavy (non-hydrogen) atoms. The molecule has 26 N–H and O–H groups in total. The fourth-order valence-electron chi connectivity index (χ4n) is 11.2. The van der Waals surface area contributed by atoms with Crippen LogP contribution >= 0.6 is 23.5 Å². The highest BCUT2D eigenvalue weighted by Crippen LogP contribution is 2.15. The molecule has 0 fully saturated rings. The van der Waals surface area contributed by atoms with E-state index in [9.17, 15) is 87.5 Å². The van der Waals surface area contributed by atoms with Gasteiger partial charge in [0.2, 0.25) is 76.8 Å². The van der Waals surface area contributed by atoms with Crippen LogP contribution < -0.4 is 92.1 Å². The Morgan fingerprint density at radius 3 is 1.32 bits per heavy atom. The Hall–Kier alpha value is -10.0. The zero-order valence-electron chi connectivity index (χ0n) is 65.1. The molecule has 0 radical (unpaired) electrons. The number of unbranched alkanes of at least 4 members (excludes halogenated alkanes) is 1. The van der Waals surface area contributed by atoms with E-state index in [0.29, 0.717) is 41.2 Å². The van der Waals surface area contributed by atoms with Crippen LogP contribution in [0, 0.1) is 11.8 Å². The fourth-order valence-corrected chi connectivity index (χ4v) is 12.2. The van der Waals surface area contributed by atoms with Crippen molar-refractivity contribution in [2.75, 3.05) is 56.9 Å². The number of aliphatic hydroxyl groups is 3. The summed E-state index contributed by atoms with van der Waals surface area (Å²) < 4.78 is 0. The monoisotopic (exact) mass is 1620 g/mol. The van der Waals surface area contributed by atoms with Crippen LogP contribution in [0.5, 0.6) is 0 Å².